The Morgan fingerprint density at radius 3 is 3.07 bits per heavy atom. The average Bonchev–Trinajstić information content (AvgIpc) is 2.16. The third-order valence-corrected chi connectivity index (χ3v) is 2.54. The van der Waals surface area contributed by atoms with E-state index < -0.39 is 12.1 Å². The number of ether oxygens (including phenoxy) is 1. The van der Waals surface area contributed by atoms with Gasteiger partial charge in [-0.2, -0.15) is 0 Å². The van der Waals surface area contributed by atoms with Crippen LogP contribution in [0.4, 0.5) is 0 Å². The molecular formula is C10H10O3S. The Labute approximate surface area is 87.1 Å². The van der Waals surface area contributed by atoms with E-state index in [2.05, 4.69) is 12.6 Å². The summed E-state index contributed by atoms with van der Waals surface area (Å²) in [7, 11) is 0. The van der Waals surface area contributed by atoms with Crippen molar-refractivity contribution in [1.29, 1.82) is 0 Å². The molecule has 1 aliphatic heterocycles. The van der Waals surface area contributed by atoms with Gasteiger partial charge in [-0.15, -0.1) is 12.6 Å². The molecule has 1 aromatic carbocycles. The molecule has 0 fully saturated rings. The molecule has 1 aromatic rings. The summed E-state index contributed by atoms with van der Waals surface area (Å²) in [6.45, 7) is 0. The number of carbonyl (C=O) groups is 1. The number of hydrogen-bond donors (Lipinski definition) is 2. The second-order valence-corrected chi connectivity index (χ2v) is 3.79. The second kappa shape index (κ2) is 3.53. The van der Waals surface area contributed by atoms with Gasteiger partial charge in [0.2, 0.25) is 0 Å². The Morgan fingerprint density at radius 1 is 1.57 bits per heavy atom. The van der Waals surface area contributed by atoms with Gasteiger partial charge in [-0.25, -0.2) is 4.79 Å². The number of hydrogen-bond acceptors (Lipinski definition) is 3. The number of thiol groups is 1. The number of carboxylic acid groups (broad SMARTS) is 1. The van der Waals surface area contributed by atoms with E-state index in [0.29, 0.717) is 12.2 Å². The molecule has 1 atom stereocenters. The minimum Gasteiger partial charge on any atom is -0.479 e. The first-order chi connectivity index (χ1) is 6.66. The van der Waals surface area contributed by atoms with Crippen molar-refractivity contribution in [3.05, 3.63) is 23.8 Å². The first-order valence-corrected chi connectivity index (χ1v) is 4.83. The van der Waals surface area contributed by atoms with Crippen molar-refractivity contribution in [3.8, 4) is 5.75 Å². The van der Waals surface area contributed by atoms with Crippen LogP contribution in [-0.4, -0.2) is 17.2 Å². The van der Waals surface area contributed by atoms with Gasteiger partial charge >= 0.3 is 5.97 Å². The minimum atomic E-state index is -0.898. The fourth-order valence-electron chi connectivity index (χ4n) is 1.55. The van der Waals surface area contributed by atoms with Gasteiger partial charge in [0.05, 0.1) is 0 Å². The maximum atomic E-state index is 10.7. The van der Waals surface area contributed by atoms with E-state index in [1.54, 1.807) is 12.1 Å². The zero-order valence-electron chi connectivity index (χ0n) is 7.43. The monoisotopic (exact) mass is 210 g/mol. The van der Waals surface area contributed by atoms with Crippen LogP contribution in [0.1, 0.15) is 12.0 Å². The molecule has 4 heteroatoms. The molecule has 1 aliphatic rings. The molecule has 1 N–H and O–H groups in total. The molecular weight excluding hydrogens is 200 g/mol. The second-order valence-electron chi connectivity index (χ2n) is 3.28. The van der Waals surface area contributed by atoms with Crippen molar-refractivity contribution in [3.63, 3.8) is 0 Å². The van der Waals surface area contributed by atoms with Gasteiger partial charge in [0.25, 0.3) is 0 Å². The predicted octanol–water partition coefficient (Wildman–Crippen LogP) is 1.75. The molecule has 1 unspecified atom stereocenters. The Bertz CT molecular complexity index is 376. The van der Waals surface area contributed by atoms with Crippen LogP contribution in [0.2, 0.25) is 0 Å². The van der Waals surface area contributed by atoms with Crippen LogP contribution in [0.25, 0.3) is 0 Å². The van der Waals surface area contributed by atoms with Crippen LogP contribution >= 0.6 is 12.6 Å². The molecule has 0 saturated heterocycles. The van der Waals surface area contributed by atoms with Gasteiger partial charge in [-0.3, -0.25) is 0 Å². The molecule has 0 amide bonds. The molecule has 14 heavy (non-hydrogen) atoms. The van der Waals surface area contributed by atoms with E-state index in [-0.39, 0.29) is 0 Å². The largest absolute Gasteiger partial charge is 0.479 e. The summed E-state index contributed by atoms with van der Waals surface area (Å²) in [5.41, 5.74) is 1.04. The lowest BCUT2D eigenvalue weighted by Gasteiger charge is -2.23. The molecule has 1 heterocycles. The lowest BCUT2D eigenvalue weighted by molar-refractivity contribution is -0.145. The quantitative estimate of drug-likeness (QED) is 0.694. The molecule has 0 saturated carbocycles. The summed E-state index contributed by atoms with van der Waals surface area (Å²) in [4.78, 5) is 11.6. The minimum absolute atomic E-state index is 0.527. The standard InChI is InChI=1S/C10H10O3S/c11-10(12)9-3-1-6-5-7(14)2-4-8(6)13-9/h2,4-5,9,14H,1,3H2,(H,11,12). The van der Waals surface area contributed by atoms with Crippen LogP contribution < -0.4 is 4.74 Å². The fraction of sp³-hybridized carbons (Fsp3) is 0.300. The van der Waals surface area contributed by atoms with E-state index >= 15 is 0 Å². The number of benzene rings is 1. The van der Waals surface area contributed by atoms with E-state index in [1.165, 1.54) is 0 Å². The summed E-state index contributed by atoms with van der Waals surface area (Å²) in [6.07, 6.45) is 0.563. The van der Waals surface area contributed by atoms with Crippen molar-refractivity contribution in [2.75, 3.05) is 0 Å². The molecule has 0 spiro atoms. The third kappa shape index (κ3) is 1.70. The molecule has 3 nitrogen and oxygen atoms in total. The van der Waals surface area contributed by atoms with Gasteiger partial charge in [-0.05, 0) is 36.6 Å². The molecule has 0 aliphatic carbocycles. The Balaban J connectivity index is 2.27. The van der Waals surface area contributed by atoms with Crippen molar-refractivity contribution < 1.29 is 14.6 Å². The zero-order valence-corrected chi connectivity index (χ0v) is 8.33. The fourth-order valence-corrected chi connectivity index (χ4v) is 1.78. The number of aryl methyl sites for hydroxylation is 1. The van der Waals surface area contributed by atoms with Crippen LogP contribution in [0, 0.1) is 0 Å². The first kappa shape index (κ1) is 9.40. The van der Waals surface area contributed by atoms with Crippen LogP contribution in [-0.2, 0) is 11.2 Å². The van der Waals surface area contributed by atoms with Crippen molar-refractivity contribution in [2.45, 2.75) is 23.8 Å². The lowest BCUT2D eigenvalue weighted by Crippen LogP contribution is -2.30. The average molecular weight is 210 g/mol. The number of fused-ring (bicyclic) bond motifs is 1. The topological polar surface area (TPSA) is 46.5 Å². The van der Waals surface area contributed by atoms with Gasteiger partial charge < -0.3 is 9.84 Å². The van der Waals surface area contributed by atoms with E-state index in [9.17, 15) is 4.79 Å². The summed E-state index contributed by atoms with van der Waals surface area (Å²) in [5.74, 6) is -0.230. The molecule has 0 radical (unpaired) electrons. The SMILES string of the molecule is O=C(O)C1CCc2cc(S)ccc2O1. The van der Waals surface area contributed by atoms with Gasteiger partial charge in [0.1, 0.15) is 5.75 Å². The Hall–Kier alpha value is -1.16. The normalized spacial score (nSPS) is 19.6. The Kier molecular flexibility index (Phi) is 2.37. The highest BCUT2D eigenvalue weighted by Gasteiger charge is 2.25. The van der Waals surface area contributed by atoms with Crippen molar-refractivity contribution >= 4 is 18.6 Å². The molecule has 0 aromatic heterocycles. The molecule has 2 rings (SSSR count). The Morgan fingerprint density at radius 2 is 2.36 bits per heavy atom. The van der Waals surface area contributed by atoms with Crippen LogP contribution in [0.5, 0.6) is 5.75 Å². The third-order valence-electron chi connectivity index (χ3n) is 2.26. The smallest absolute Gasteiger partial charge is 0.344 e. The first-order valence-electron chi connectivity index (χ1n) is 4.38. The van der Waals surface area contributed by atoms with Crippen LogP contribution in [0.3, 0.4) is 0 Å². The summed E-state index contributed by atoms with van der Waals surface area (Å²) in [6, 6.07) is 5.48. The van der Waals surface area contributed by atoms with E-state index in [0.717, 1.165) is 16.9 Å². The number of carboxylic acids is 1. The van der Waals surface area contributed by atoms with Gasteiger partial charge in [0.15, 0.2) is 6.10 Å². The highest BCUT2D eigenvalue weighted by atomic mass is 32.1. The summed E-state index contributed by atoms with van der Waals surface area (Å²) < 4.78 is 5.31. The summed E-state index contributed by atoms with van der Waals surface area (Å²) in [5, 5.41) is 8.78. The molecule has 74 valence electrons. The maximum Gasteiger partial charge on any atom is 0.344 e. The zero-order chi connectivity index (χ0) is 10.1. The number of aliphatic carboxylic acids is 1. The lowest BCUT2D eigenvalue weighted by atomic mass is 10.0. The van der Waals surface area contributed by atoms with E-state index in [1.807, 2.05) is 6.07 Å². The summed E-state index contributed by atoms with van der Waals surface area (Å²) >= 11 is 4.21. The van der Waals surface area contributed by atoms with E-state index in [4.69, 9.17) is 9.84 Å². The highest BCUT2D eigenvalue weighted by Crippen LogP contribution is 2.29. The number of rotatable bonds is 1. The van der Waals surface area contributed by atoms with Crippen molar-refractivity contribution in [1.82, 2.24) is 0 Å². The van der Waals surface area contributed by atoms with Crippen LogP contribution in [0.15, 0.2) is 23.1 Å². The van der Waals surface area contributed by atoms with Gasteiger partial charge in [-0.1, -0.05) is 0 Å². The van der Waals surface area contributed by atoms with Crippen molar-refractivity contribution in [2.24, 2.45) is 0 Å². The van der Waals surface area contributed by atoms with Gasteiger partial charge in [0, 0.05) is 4.90 Å². The highest BCUT2D eigenvalue weighted by molar-refractivity contribution is 7.80. The maximum absolute atomic E-state index is 10.7. The predicted molar refractivity (Wildman–Crippen MR) is 54.1 cm³/mol. The molecule has 0 bridgehead atoms.